The van der Waals surface area contributed by atoms with Crippen molar-refractivity contribution in [2.24, 2.45) is 17.6 Å². The van der Waals surface area contributed by atoms with Gasteiger partial charge in [-0.25, -0.2) is 0 Å². The molecular weight excluding hydrogens is 212 g/mol. The molecular formula is C14H30N2O. The zero-order valence-corrected chi connectivity index (χ0v) is 11.9. The average Bonchev–Trinajstić information content (AvgIpc) is 2.14. The smallest absolute Gasteiger partial charge is 0.0526 e. The average molecular weight is 242 g/mol. The largest absolute Gasteiger partial charge is 0.393 e. The molecule has 0 radical (unpaired) electrons. The van der Waals surface area contributed by atoms with Gasteiger partial charge in [0.25, 0.3) is 0 Å². The topological polar surface area (TPSA) is 58.3 Å². The minimum Gasteiger partial charge on any atom is -0.393 e. The van der Waals surface area contributed by atoms with Gasteiger partial charge in [-0.15, -0.1) is 0 Å². The number of hydrogen-bond donors (Lipinski definition) is 3. The van der Waals surface area contributed by atoms with Crippen molar-refractivity contribution in [2.75, 3.05) is 6.54 Å². The van der Waals surface area contributed by atoms with Crippen molar-refractivity contribution >= 4 is 0 Å². The maximum Gasteiger partial charge on any atom is 0.0526 e. The van der Waals surface area contributed by atoms with E-state index in [4.69, 9.17) is 5.73 Å². The molecule has 1 fully saturated rings. The number of aliphatic hydroxyl groups is 1. The van der Waals surface area contributed by atoms with E-state index in [-0.39, 0.29) is 11.6 Å². The van der Waals surface area contributed by atoms with Gasteiger partial charge in [0.1, 0.15) is 0 Å². The fourth-order valence-corrected chi connectivity index (χ4v) is 3.71. The molecule has 4 unspecified atom stereocenters. The van der Waals surface area contributed by atoms with Crippen LogP contribution in [0.5, 0.6) is 0 Å². The van der Waals surface area contributed by atoms with Gasteiger partial charge in [-0.1, -0.05) is 13.8 Å². The summed E-state index contributed by atoms with van der Waals surface area (Å²) in [5.74, 6) is 1.49. The fraction of sp³-hybridized carbons (Fsp3) is 1.00. The molecule has 3 nitrogen and oxygen atoms in total. The first-order valence-corrected chi connectivity index (χ1v) is 7.02. The summed E-state index contributed by atoms with van der Waals surface area (Å²) in [5, 5.41) is 13.1. The van der Waals surface area contributed by atoms with Gasteiger partial charge in [0.05, 0.1) is 6.10 Å². The number of hydrogen-bond acceptors (Lipinski definition) is 3. The van der Waals surface area contributed by atoms with Crippen LogP contribution in [0.25, 0.3) is 0 Å². The second kappa shape index (κ2) is 6.17. The summed E-state index contributed by atoms with van der Waals surface area (Å²) in [6, 6.07) is 0.330. The van der Waals surface area contributed by atoms with E-state index in [9.17, 15) is 5.11 Å². The Labute approximate surface area is 106 Å². The van der Waals surface area contributed by atoms with Crippen LogP contribution in [0.15, 0.2) is 0 Å². The molecule has 1 aliphatic rings. The molecule has 4 atom stereocenters. The number of nitrogens with one attached hydrogen (secondary N) is 1. The van der Waals surface area contributed by atoms with Gasteiger partial charge in [-0.3, -0.25) is 0 Å². The van der Waals surface area contributed by atoms with Crippen LogP contribution in [0.2, 0.25) is 0 Å². The van der Waals surface area contributed by atoms with E-state index in [0.717, 1.165) is 31.1 Å². The molecule has 0 aliphatic heterocycles. The third-order valence-electron chi connectivity index (χ3n) is 3.92. The van der Waals surface area contributed by atoms with Crippen molar-refractivity contribution < 1.29 is 5.11 Å². The van der Waals surface area contributed by atoms with Crippen LogP contribution in [0.4, 0.5) is 0 Å². The van der Waals surface area contributed by atoms with Crippen LogP contribution in [-0.2, 0) is 0 Å². The number of nitrogens with two attached hydrogens (primary N) is 1. The number of aliphatic hydroxyl groups excluding tert-OH is 1. The van der Waals surface area contributed by atoms with Crippen molar-refractivity contribution in [3.05, 3.63) is 0 Å². The Morgan fingerprint density at radius 1 is 1.29 bits per heavy atom. The Morgan fingerprint density at radius 3 is 2.24 bits per heavy atom. The summed E-state index contributed by atoms with van der Waals surface area (Å²) in [6.07, 6.45) is 4.19. The SMILES string of the molecule is CC(O)CC(C)NC1(CN)CC(C)CC(C)C1. The Morgan fingerprint density at radius 2 is 1.82 bits per heavy atom. The van der Waals surface area contributed by atoms with Crippen LogP contribution in [0.1, 0.15) is 53.4 Å². The summed E-state index contributed by atoms with van der Waals surface area (Å²) >= 11 is 0. The lowest BCUT2D eigenvalue weighted by molar-refractivity contribution is 0.116. The third kappa shape index (κ3) is 4.57. The van der Waals surface area contributed by atoms with Gasteiger partial charge in [0.15, 0.2) is 0 Å². The molecule has 0 bridgehead atoms. The third-order valence-corrected chi connectivity index (χ3v) is 3.92. The molecule has 0 aromatic heterocycles. The molecule has 0 saturated heterocycles. The highest BCUT2D eigenvalue weighted by atomic mass is 16.3. The molecule has 0 aromatic rings. The lowest BCUT2D eigenvalue weighted by atomic mass is 9.71. The van der Waals surface area contributed by atoms with Crippen molar-refractivity contribution in [2.45, 2.75) is 71.1 Å². The molecule has 0 aromatic carbocycles. The van der Waals surface area contributed by atoms with Crippen molar-refractivity contribution in [3.8, 4) is 0 Å². The predicted molar refractivity (Wildman–Crippen MR) is 72.9 cm³/mol. The zero-order valence-electron chi connectivity index (χ0n) is 11.9. The minimum absolute atomic E-state index is 0.0887. The first kappa shape index (κ1) is 14.9. The van der Waals surface area contributed by atoms with Crippen LogP contribution in [0, 0.1) is 11.8 Å². The summed E-state index contributed by atoms with van der Waals surface area (Å²) in [6.45, 7) is 9.33. The van der Waals surface area contributed by atoms with Crippen molar-refractivity contribution in [3.63, 3.8) is 0 Å². The summed E-state index contributed by atoms with van der Waals surface area (Å²) in [4.78, 5) is 0. The second-order valence-electron chi connectivity index (χ2n) is 6.47. The Balaban J connectivity index is 2.61. The normalized spacial score (nSPS) is 37.8. The predicted octanol–water partition coefficient (Wildman–Crippen LogP) is 1.89. The molecule has 4 N–H and O–H groups in total. The molecule has 3 heteroatoms. The molecule has 0 spiro atoms. The highest BCUT2D eigenvalue weighted by Crippen LogP contribution is 2.35. The second-order valence-corrected chi connectivity index (χ2v) is 6.47. The fourth-order valence-electron chi connectivity index (χ4n) is 3.71. The lowest BCUT2D eigenvalue weighted by Gasteiger charge is -2.45. The summed E-state index contributed by atoms with van der Waals surface area (Å²) in [7, 11) is 0. The van der Waals surface area contributed by atoms with E-state index >= 15 is 0 Å². The van der Waals surface area contributed by atoms with Crippen molar-refractivity contribution in [1.29, 1.82) is 0 Å². The summed E-state index contributed by atoms with van der Waals surface area (Å²) in [5.41, 5.74) is 6.11. The van der Waals surface area contributed by atoms with Crippen LogP contribution >= 0.6 is 0 Å². The van der Waals surface area contributed by atoms with E-state index in [1.165, 1.54) is 6.42 Å². The molecule has 1 aliphatic carbocycles. The molecule has 17 heavy (non-hydrogen) atoms. The summed E-state index contributed by atoms with van der Waals surface area (Å²) < 4.78 is 0. The van der Waals surface area contributed by atoms with Crippen LogP contribution < -0.4 is 11.1 Å². The highest BCUT2D eigenvalue weighted by Gasteiger charge is 2.37. The highest BCUT2D eigenvalue weighted by molar-refractivity contribution is 4.97. The maximum absolute atomic E-state index is 9.44. The van der Waals surface area contributed by atoms with Gasteiger partial charge in [-0.05, 0) is 51.4 Å². The Hall–Kier alpha value is -0.120. The molecule has 0 heterocycles. The van der Waals surface area contributed by atoms with Crippen LogP contribution in [-0.4, -0.2) is 29.3 Å². The molecule has 1 rings (SSSR count). The molecule has 0 amide bonds. The van der Waals surface area contributed by atoms with E-state index in [0.29, 0.717) is 12.6 Å². The van der Waals surface area contributed by atoms with Crippen molar-refractivity contribution in [1.82, 2.24) is 5.32 Å². The first-order chi connectivity index (χ1) is 7.87. The van der Waals surface area contributed by atoms with E-state index in [2.05, 4.69) is 26.1 Å². The molecule has 102 valence electrons. The first-order valence-electron chi connectivity index (χ1n) is 7.02. The van der Waals surface area contributed by atoms with E-state index in [1.807, 2.05) is 6.92 Å². The zero-order chi connectivity index (χ0) is 13.1. The van der Waals surface area contributed by atoms with E-state index < -0.39 is 0 Å². The van der Waals surface area contributed by atoms with Gasteiger partial charge < -0.3 is 16.2 Å². The minimum atomic E-state index is -0.245. The number of rotatable bonds is 5. The Kier molecular flexibility index (Phi) is 5.42. The van der Waals surface area contributed by atoms with Gasteiger partial charge in [-0.2, -0.15) is 0 Å². The standard InChI is InChI=1S/C14H30N2O/c1-10-5-11(2)8-14(7-10,9-15)16-12(3)6-13(4)17/h10-13,16-17H,5-9,15H2,1-4H3. The van der Waals surface area contributed by atoms with Crippen LogP contribution in [0.3, 0.4) is 0 Å². The van der Waals surface area contributed by atoms with Gasteiger partial charge >= 0.3 is 0 Å². The van der Waals surface area contributed by atoms with E-state index in [1.54, 1.807) is 0 Å². The maximum atomic E-state index is 9.44. The molecule has 1 saturated carbocycles. The van der Waals surface area contributed by atoms with Gasteiger partial charge in [0, 0.05) is 18.1 Å². The Bertz CT molecular complexity index is 220. The van der Waals surface area contributed by atoms with Gasteiger partial charge in [0.2, 0.25) is 0 Å². The quantitative estimate of drug-likeness (QED) is 0.690. The monoisotopic (exact) mass is 242 g/mol. The lowest BCUT2D eigenvalue weighted by Crippen LogP contribution is -2.58.